The molecule has 0 saturated carbocycles. The SMILES string of the molecule is C[C@@H](NC(=O)OC(C)(C)C)c1cccc(Cl)c1Br. The summed E-state index contributed by atoms with van der Waals surface area (Å²) in [4.78, 5) is 11.7. The van der Waals surface area contributed by atoms with Gasteiger partial charge in [0, 0.05) is 4.47 Å². The first-order chi connectivity index (χ1) is 8.20. The molecular weight excluding hydrogens is 318 g/mol. The Bertz CT molecular complexity index is 443. The third-order valence-corrected chi connectivity index (χ3v) is 3.61. The van der Waals surface area contributed by atoms with E-state index in [1.54, 1.807) is 6.07 Å². The Morgan fingerprint density at radius 3 is 2.61 bits per heavy atom. The van der Waals surface area contributed by atoms with Crippen LogP contribution >= 0.6 is 27.5 Å². The lowest BCUT2D eigenvalue weighted by Crippen LogP contribution is -2.34. The molecule has 1 rings (SSSR count). The number of carbonyl (C=O) groups excluding carboxylic acids is 1. The molecule has 0 aliphatic rings. The van der Waals surface area contributed by atoms with Crippen molar-refractivity contribution in [1.82, 2.24) is 5.32 Å². The molecule has 0 heterocycles. The van der Waals surface area contributed by atoms with Crippen LogP contribution in [0.2, 0.25) is 5.02 Å². The van der Waals surface area contributed by atoms with Gasteiger partial charge < -0.3 is 10.1 Å². The smallest absolute Gasteiger partial charge is 0.408 e. The normalized spacial score (nSPS) is 13.0. The Labute approximate surface area is 121 Å². The standard InChI is InChI=1S/C13H17BrClNO2/c1-8(16-12(17)18-13(2,3)4)9-6-5-7-10(15)11(9)14/h5-8H,1-4H3,(H,16,17)/t8-/m1/s1. The molecule has 0 radical (unpaired) electrons. The van der Waals surface area contributed by atoms with E-state index in [2.05, 4.69) is 21.2 Å². The van der Waals surface area contributed by atoms with Gasteiger partial charge >= 0.3 is 6.09 Å². The maximum Gasteiger partial charge on any atom is 0.408 e. The second-order valence-electron chi connectivity index (χ2n) is 5.01. The van der Waals surface area contributed by atoms with Gasteiger partial charge in [-0.15, -0.1) is 0 Å². The molecule has 1 aromatic carbocycles. The molecule has 0 fully saturated rings. The fraction of sp³-hybridized carbons (Fsp3) is 0.462. The molecule has 1 atom stereocenters. The number of nitrogens with one attached hydrogen (secondary N) is 1. The van der Waals surface area contributed by atoms with Crippen molar-refractivity contribution in [3.05, 3.63) is 33.3 Å². The van der Waals surface area contributed by atoms with Gasteiger partial charge in [0.25, 0.3) is 0 Å². The number of hydrogen-bond acceptors (Lipinski definition) is 2. The van der Waals surface area contributed by atoms with Gasteiger partial charge in [-0.1, -0.05) is 23.7 Å². The molecule has 0 saturated heterocycles. The van der Waals surface area contributed by atoms with Crippen molar-refractivity contribution < 1.29 is 9.53 Å². The molecule has 0 aliphatic carbocycles. The highest BCUT2D eigenvalue weighted by atomic mass is 79.9. The summed E-state index contributed by atoms with van der Waals surface area (Å²) in [6.07, 6.45) is -0.443. The van der Waals surface area contributed by atoms with Gasteiger partial charge in [0.05, 0.1) is 11.1 Å². The fourth-order valence-corrected chi connectivity index (χ4v) is 2.21. The number of carbonyl (C=O) groups is 1. The average molecular weight is 335 g/mol. The van der Waals surface area contributed by atoms with Crippen LogP contribution in [0.3, 0.4) is 0 Å². The minimum Gasteiger partial charge on any atom is -0.444 e. The summed E-state index contributed by atoms with van der Waals surface area (Å²) in [5, 5.41) is 3.39. The molecule has 1 aromatic rings. The molecule has 0 aromatic heterocycles. The summed E-state index contributed by atoms with van der Waals surface area (Å²) in [5.41, 5.74) is 0.406. The lowest BCUT2D eigenvalue weighted by atomic mass is 10.1. The summed E-state index contributed by atoms with van der Waals surface area (Å²) >= 11 is 9.42. The van der Waals surface area contributed by atoms with E-state index >= 15 is 0 Å². The summed E-state index contributed by atoms with van der Waals surface area (Å²) in [6.45, 7) is 7.35. The van der Waals surface area contributed by atoms with Gasteiger partial charge in [0.1, 0.15) is 5.60 Å². The number of ether oxygens (including phenoxy) is 1. The molecule has 18 heavy (non-hydrogen) atoms. The van der Waals surface area contributed by atoms with Gasteiger partial charge in [-0.25, -0.2) is 4.79 Å². The summed E-state index contributed by atoms with van der Waals surface area (Å²) in [5.74, 6) is 0. The van der Waals surface area contributed by atoms with Crippen molar-refractivity contribution in [2.45, 2.75) is 39.3 Å². The van der Waals surface area contributed by atoms with Crippen LogP contribution in [0.5, 0.6) is 0 Å². The van der Waals surface area contributed by atoms with Gasteiger partial charge in [0.2, 0.25) is 0 Å². The van der Waals surface area contributed by atoms with E-state index in [9.17, 15) is 4.79 Å². The van der Waals surface area contributed by atoms with Crippen LogP contribution in [0.25, 0.3) is 0 Å². The number of benzene rings is 1. The van der Waals surface area contributed by atoms with Crippen molar-refractivity contribution in [2.24, 2.45) is 0 Å². The van der Waals surface area contributed by atoms with Crippen molar-refractivity contribution in [3.63, 3.8) is 0 Å². The van der Waals surface area contributed by atoms with Crippen molar-refractivity contribution >= 4 is 33.6 Å². The molecule has 100 valence electrons. The first kappa shape index (κ1) is 15.3. The first-order valence-electron chi connectivity index (χ1n) is 5.64. The lowest BCUT2D eigenvalue weighted by Gasteiger charge is -2.22. The molecular formula is C13H17BrClNO2. The second kappa shape index (κ2) is 5.93. The van der Waals surface area contributed by atoms with E-state index in [4.69, 9.17) is 16.3 Å². The summed E-state index contributed by atoms with van der Waals surface area (Å²) in [7, 11) is 0. The predicted molar refractivity (Wildman–Crippen MR) is 76.9 cm³/mol. The number of amides is 1. The molecule has 1 amide bonds. The monoisotopic (exact) mass is 333 g/mol. The van der Waals surface area contributed by atoms with Gasteiger partial charge in [0.15, 0.2) is 0 Å². The van der Waals surface area contributed by atoms with E-state index in [0.717, 1.165) is 10.0 Å². The first-order valence-corrected chi connectivity index (χ1v) is 6.81. The van der Waals surface area contributed by atoms with Crippen molar-refractivity contribution in [3.8, 4) is 0 Å². The highest BCUT2D eigenvalue weighted by Gasteiger charge is 2.19. The summed E-state index contributed by atoms with van der Waals surface area (Å²) in [6, 6.07) is 5.34. The zero-order valence-corrected chi connectivity index (χ0v) is 13.2. The Morgan fingerprint density at radius 2 is 2.06 bits per heavy atom. The van der Waals surface area contributed by atoms with Crippen molar-refractivity contribution in [1.29, 1.82) is 0 Å². The number of hydrogen-bond donors (Lipinski definition) is 1. The third-order valence-electron chi connectivity index (χ3n) is 2.18. The predicted octanol–water partition coefficient (Wildman–Crippen LogP) is 4.69. The summed E-state index contributed by atoms with van der Waals surface area (Å²) < 4.78 is 5.99. The quantitative estimate of drug-likeness (QED) is 0.852. The largest absolute Gasteiger partial charge is 0.444 e. The Balaban J connectivity index is 2.74. The number of alkyl carbamates (subject to hydrolysis) is 1. The second-order valence-corrected chi connectivity index (χ2v) is 6.21. The molecule has 0 unspecified atom stereocenters. The average Bonchev–Trinajstić information content (AvgIpc) is 2.18. The maximum absolute atomic E-state index is 11.7. The van der Waals surface area contributed by atoms with Crippen molar-refractivity contribution in [2.75, 3.05) is 0 Å². The molecule has 3 nitrogen and oxygen atoms in total. The molecule has 5 heteroatoms. The van der Waals surface area contributed by atoms with E-state index in [1.165, 1.54) is 0 Å². The maximum atomic E-state index is 11.7. The van der Waals surface area contributed by atoms with Crippen LogP contribution in [0.1, 0.15) is 39.3 Å². The lowest BCUT2D eigenvalue weighted by molar-refractivity contribution is 0.0508. The fourth-order valence-electron chi connectivity index (χ4n) is 1.42. The van der Waals surface area contributed by atoms with Crippen LogP contribution < -0.4 is 5.32 Å². The van der Waals surface area contributed by atoms with E-state index in [-0.39, 0.29) is 6.04 Å². The van der Waals surface area contributed by atoms with E-state index in [0.29, 0.717) is 5.02 Å². The van der Waals surface area contributed by atoms with Crippen LogP contribution in [0, 0.1) is 0 Å². The molecule has 0 bridgehead atoms. The van der Waals surface area contributed by atoms with Crippen LogP contribution in [0.15, 0.2) is 22.7 Å². The Morgan fingerprint density at radius 1 is 1.44 bits per heavy atom. The van der Waals surface area contributed by atoms with Gasteiger partial charge in [-0.05, 0) is 55.3 Å². The highest BCUT2D eigenvalue weighted by Crippen LogP contribution is 2.30. The van der Waals surface area contributed by atoms with Gasteiger partial charge in [-0.3, -0.25) is 0 Å². The van der Waals surface area contributed by atoms with E-state index in [1.807, 2.05) is 39.8 Å². The highest BCUT2D eigenvalue weighted by molar-refractivity contribution is 9.10. The zero-order chi connectivity index (χ0) is 13.9. The zero-order valence-electron chi connectivity index (χ0n) is 10.9. The van der Waals surface area contributed by atoms with Crippen LogP contribution in [-0.4, -0.2) is 11.7 Å². The Kier molecular flexibility index (Phi) is 5.05. The number of halogens is 2. The van der Waals surface area contributed by atoms with Gasteiger partial charge in [-0.2, -0.15) is 0 Å². The third kappa shape index (κ3) is 4.50. The van der Waals surface area contributed by atoms with Crippen LogP contribution in [-0.2, 0) is 4.74 Å². The minimum absolute atomic E-state index is 0.187. The molecule has 1 N–H and O–H groups in total. The number of rotatable bonds is 2. The van der Waals surface area contributed by atoms with E-state index < -0.39 is 11.7 Å². The van der Waals surface area contributed by atoms with Crippen LogP contribution in [0.4, 0.5) is 4.79 Å². The minimum atomic E-state index is -0.505. The molecule has 0 spiro atoms. The molecule has 0 aliphatic heterocycles. The Hall–Kier alpha value is -0.740. The topological polar surface area (TPSA) is 38.3 Å².